The van der Waals surface area contributed by atoms with Crippen LogP contribution in [0.4, 0.5) is 19.0 Å². The molecule has 1 aromatic rings. The van der Waals surface area contributed by atoms with Crippen LogP contribution in [0.15, 0.2) is 12.1 Å². The maximum atomic E-state index is 13.0. The van der Waals surface area contributed by atoms with E-state index in [1.165, 1.54) is 0 Å². The third-order valence-electron chi connectivity index (χ3n) is 4.78. The number of aromatic nitrogens is 1. The molecule has 0 aliphatic carbocycles. The van der Waals surface area contributed by atoms with Gasteiger partial charge < -0.3 is 14.7 Å². The van der Waals surface area contributed by atoms with Crippen molar-refractivity contribution in [3.05, 3.63) is 23.4 Å². The van der Waals surface area contributed by atoms with Gasteiger partial charge in [0.05, 0.1) is 18.8 Å². The fourth-order valence-electron chi connectivity index (χ4n) is 3.46. The smallest absolute Gasteiger partial charge is 0.396 e. The first-order chi connectivity index (χ1) is 10.3. The number of anilines is 1. The fraction of sp³-hybridized carbons (Fsp3) is 0.667. The lowest BCUT2D eigenvalue weighted by Gasteiger charge is -2.36. The monoisotopic (exact) mass is 316 g/mol. The standard InChI is InChI=1S/C15H19F3N2O2/c1-10-4-11(15(16,17)18)5-13(19-10)20-6-12-7-22-3-2-14(12,8-20)9-21/h4-5,12,21H,2-3,6-9H2,1H3/t12-,14-/m1/s1. The van der Waals surface area contributed by atoms with Gasteiger partial charge in [0.1, 0.15) is 5.82 Å². The van der Waals surface area contributed by atoms with Gasteiger partial charge in [0.2, 0.25) is 0 Å². The maximum Gasteiger partial charge on any atom is 0.416 e. The van der Waals surface area contributed by atoms with Gasteiger partial charge in [-0.25, -0.2) is 4.98 Å². The Balaban J connectivity index is 1.91. The minimum atomic E-state index is -4.38. The van der Waals surface area contributed by atoms with Crippen LogP contribution in [-0.2, 0) is 10.9 Å². The zero-order valence-corrected chi connectivity index (χ0v) is 12.4. The van der Waals surface area contributed by atoms with Crippen molar-refractivity contribution in [2.75, 3.05) is 37.8 Å². The first-order valence-corrected chi connectivity index (χ1v) is 7.33. The third-order valence-corrected chi connectivity index (χ3v) is 4.78. The van der Waals surface area contributed by atoms with E-state index in [9.17, 15) is 18.3 Å². The number of aliphatic hydroxyl groups excluding tert-OH is 1. The second-order valence-electron chi connectivity index (χ2n) is 6.28. The van der Waals surface area contributed by atoms with Gasteiger partial charge in [-0.15, -0.1) is 0 Å². The molecule has 2 atom stereocenters. The van der Waals surface area contributed by atoms with Gasteiger partial charge in [0.15, 0.2) is 0 Å². The van der Waals surface area contributed by atoms with Crippen LogP contribution in [0.3, 0.4) is 0 Å². The van der Waals surface area contributed by atoms with Gasteiger partial charge in [-0.05, 0) is 25.5 Å². The van der Waals surface area contributed by atoms with Crippen molar-refractivity contribution >= 4 is 5.82 Å². The highest BCUT2D eigenvalue weighted by molar-refractivity contribution is 5.45. The second-order valence-corrected chi connectivity index (χ2v) is 6.28. The van der Waals surface area contributed by atoms with Gasteiger partial charge in [-0.3, -0.25) is 0 Å². The molecule has 2 aliphatic heterocycles. The number of ether oxygens (including phenoxy) is 1. The zero-order chi connectivity index (χ0) is 16.0. The Kier molecular flexibility index (Phi) is 3.81. The number of rotatable bonds is 2. The van der Waals surface area contributed by atoms with E-state index in [2.05, 4.69) is 4.98 Å². The van der Waals surface area contributed by atoms with Gasteiger partial charge in [-0.2, -0.15) is 13.2 Å². The summed E-state index contributed by atoms with van der Waals surface area (Å²) in [6.45, 7) is 3.79. The predicted molar refractivity (Wildman–Crippen MR) is 74.6 cm³/mol. The lowest BCUT2D eigenvalue weighted by Crippen LogP contribution is -2.41. The van der Waals surface area contributed by atoms with E-state index in [1.807, 2.05) is 4.90 Å². The molecule has 2 saturated heterocycles. The van der Waals surface area contributed by atoms with Crippen molar-refractivity contribution in [1.29, 1.82) is 0 Å². The fourth-order valence-corrected chi connectivity index (χ4v) is 3.46. The molecule has 0 bridgehead atoms. The number of hydrogen-bond donors (Lipinski definition) is 1. The van der Waals surface area contributed by atoms with Gasteiger partial charge in [0, 0.05) is 36.7 Å². The topological polar surface area (TPSA) is 45.6 Å². The largest absolute Gasteiger partial charge is 0.416 e. The van der Waals surface area contributed by atoms with Gasteiger partial charge in [-0.1, -0.05) is 0 Å². The van der Waals surface area contributed by atoms with E-state index in [0.717, 1.165) is 18.6 Å². The number of aryl methyl sites for hydroxylation is 1. The van der Waals surface area contributed by atoms with Crippen LogP contribution in [0, 0.1) is 18.3 Å². The van der Waals surface area contributed by atoms with Crippen molar-refractivity contribution < 1.29 is 23.0 Å². The van der Waals surface area contributed by atoms with Crippen LogP contribution in [0.5, 0.6) is 0 Å². The Morgan fingerprint density at radius 3 is 2.86 bits per heavy atom. The second kappa shape index (κ2) is 5.38. The zero-order valence-electron chi connectivity index (χ0n) is 12.4. The van der Waals surface area contributed by atoms with Crippen LogP contribution < -0.4 is 4.90 Å². The van der Waals surface area contributed by atoms with E-state index < -0.39 is 11.7 Å². The van der Waals surface area contributed by atoms with Crippen LogP contribution >= 0.6 is 0 Å². The molecule has 0 aromatic carbocycles. The molecule has 0 saturated carbocycles. The molecule has 3 rings (SSSR count). The van der Waals surface area contributed by atoms with Crippen molar-refractivity contribution in [2.45, 2.75) is 19.5 Å². The molecule has 2 aliphatic rings. The van der Waals surface area contributed by atoms with Gasteiger partial charge in [0.25, 0.3) is 0 Å². The molecule has 0 amide bonds. The minimum absolute atomic E-state index is 0.0233. The van der Waals surface area contributed by atoms with E-state index >= 15 is 0 Å². The van der Waals surface area contributed by atoms with Crippen LogP contribution in [-0.4, -0.2) is 43.0 Å². The summed E-state index contributed by atoms with van der Waals surface area (Å²) in [5.41, 5.74) is -0.629. The van der Waals surface area contributed by atoms with E-state index in [4.69, 9.17) is 4.74 Å². The van der Waals surface area contributed by atoms with Crippen molar-refractivity contribution in [2.24, 2.45) is 11.3 Å². The Morgan fingerprint density at radius 2 is 2.23 bits per heavy atom. The summed E-state index contributed by atoms with van der Waals surface area (Å²) in [7, 11) is 0. The molecule has 7 heteroatoms. The lowest BCUT2D eigenvalue weighted by molar-refractivity contribution is -0.137. The molecule has 122 valence electrons. The molecule has 4 nitrogen and oxygen atoms in total. The van der Waals surface area contributed by atoms with Crippen LogP contribution in [0.2, 0.25) is 0 Å². The average molecular weight is 316 g/mol. The molecule has 2 fully saturated rings. The van der Waals surface area contributed by atoms with E-state index in [0.29, 0.717) is 37.8 Å². The van der Waals surface area contributed by atoms with Crippen molar-refractivity contribution in [1.82, 2.24) is 4.98 Å². The number of aliphatic hydroxyl groups is 1. The predicted octanol–water partition coefficient (Wildman–Crippen LogP) is 2.24. The molecule has 3 heterocycles. The van der Waals surface area contributed by atoms with E-state index in [1.54, 1.807) is 6.92 Å². The summed E-state index contributed by atoms with van der Waals surface area (Å²) in [4.78, 5) is 6.10. The summed E-state index contributed by atoms with van der Waals surface area (Å²) >= 11 is 0. The molecular formula is C15H19F3N2O2. The Labute approximate surface area is 126 Å². The maximum absolute atomic E-state index is 13.0. The van der Waals surface area contributed by atoms with Crippen molar-refractivity contribution in [3.63, 3.8) is 0 Å². The molecule has 0 radical (unpaired) electrons. The average Bonchev–Trinajstić information content (AvgIpc) is 2.86. The number of fused-ring (bicyclic) bond motifs is 1. The summed E-state index contributed by atoms with van der Waals surface area (Å²) in [6, 6.07) is 2.15. The summed E-state index contributed by atoms with van der Waals surface area (Å²) < 4.78 is 44.4. The molecule has 0 spiro atoms. The first-order valence-electron chi connectivity index (χ1n) is 7.33. The minimum Gasteiger partial charge on any atom is -0.396 e. The Bertz CT molecular complexity index is 564. The summed E-state index contributed by atoms with van der Waals surface area (Å²) in [5, 5.41) is 9.77. The molecule has 1 aromatic heterocycles. The molecule has 22 heavy (non-hydrogen) atoms. The molecule has 1 N–H and O–H groups in total. The Morgan fingerprint density at radius 1 is 1.45 bits per heavy atom. The summed E-state index contributed by atoms with van der Waals surface area (Å²) in [6.07, 6.45) is -3.66. The highest BCUT2D eigenvalue weighted by Crippen LogP contribution is 2.43. The van der Waals surface area contributed by atoms with Crippen LogP contribution in [0.1, 0.15) is 17.7 Å². The number of halogens is 3. The Hall–Kier alpha value is -1.34. The normalized spacial score (nSPS) is 28.8. The number of alkyl halides is 3. The summed E-state index contributed by atoms with van der Waals surface area (Å²) in [5.74, 6) is 0.456. The van der Waals surface area contributed by atoms with Crippen molar-refractivity contribution in [3.8, 4) is 0 Å². The lowest BCUT2D eigenvalue weighted by atomic mass is 9.75. The van der Waals surface area contributed by atoms with Gasteiger partial charge >= 0.3 is 6.18 Å². The first kappa shape index (κ1) is 15.6. The molecule has 0 unspecified atom stereocenters. The quantitative estimate of drug-likeness (QED) is 0.909. The SMILES string of the molecule is Cc1cc(C(F)(F)F)cc(N2C[C@@H]3COCC[C@]3(CO)C2)n1. The third kappa shape index (κ3) is 2.67. The number of hydrogen-bond acceptors (Lipinski definition) is 4. The highest BCUT2D eigenvalue weighted by atomic mass is 19.4. The highest BCUT2D eigenvalue weighted by Gasteiger charge is 2.48. The van der Waals surface area contributed by atoms with Crippen LogP contribution in [0.25, 0.3) is 0 Å². The molecular weight excluding hydrogens is 297 g/mol. The van der Waals surface area contributed by atoms with E-state index in [-0.39, 0.29) is 17.9 Å². The number of pyridine rings is 1. The number of nitrogens with zero attached hydrogens (tertiary/aromatic N) is 2.